The number of esters is 1. The highest BCUT2D eigenvalue weighted by Gasteiger charge is 2.37. The van der Waals surface area contributed by atoms with E-state index in [-0.39, 0.29) is 12.4 Å². The molecule has 2 aromatic heterocycles. The van der Waals surface area contributed by atoms with Crippen molar-refractivity contribution in [3.8, 4) is 0 Å². The summed E-state index contributed by atoms with van der Waals surface area (Å²) >= 11 is 0. The molecule has 154 valence electrons. The highest BCUT2D eigenvalue weighted by atomic mass is 32.2. The van der Waals surface area contributed by atoms with E-state index in [1.54, 1.807) is 11.6 Å². The molecule has 1 N–H and O–H groups in total. The lowest BCUT2D eigenvalue weighted by atomic mass is 10.1. The molecule has 9 nitrogen and oxygen atoms in total. The number of halogens is 3. The molecule has 2 heterocycles. The lowest BCUT2D eigenvalue weighted by molar-refractivity contribution is -0.136. The Labute approximate surface area is 162 Å². The predicted octanol–water partition coefficient (Wildman–Crippen LogP) is 2.43. The van der Waals surface area contributed by atoms with Crippen LogP contribution >= 0.6 is 0 Å². The fourth-order valence-corrected chi connectivity index (χ4v) is 3.40. The SMILES string of the molecule is CCOC(=O)c1cccc(C(F)(F)F)c1NS(=O)(=O)c1nc2ncc(C)cn2n1. The molecule has 3 rings (SSSR count). The molecule has 0 spiro atoms. The van der Waals surface area contributed by atoms with Crippen LogP contribution in [0.4, 0.5) is 18.9 Å². The van der Waals surface area contributed by atoms with E-state index in [1.807, 2.05) is 0 Å². The van der Waals surface area contributed by atoms with Crippen LogP contribution in [0.1, 0.15) is 28.4 Å². The largest absolute Gasteiger partial charge is 0.462 e. The number of rotatable bonds is 5. The van der Waals surface area contributed by atoms with Crippen LogP contribution in [0.3, 0.4) is 0 Å². The van der Waals surface area contributed by atoms with Gasteiger partial charge in [-0.2, -0.15) is 26.6 Å². The second-order valence-corrected chi connectivity index (χ2v) is 7.40. The average Bonchev–Trinajstić information content (AvgIpc) is 3.05. The number of anilines is 1. The highest BCUT2D eigenvalue weighted by Crippen LogP contribution is 2.37. The van der Waals surface area contributed by atoms with Crippen LogP contribution in [-0.4, -0.2) is 40.6 Å². The number of ether oxygens (including phenoxy) is 1. The third-order valence-corrected chi connectivity index (χ3v) is 4.77. The summed E-state index contributed by atoms with van der Waals surface area (Å²) in [5.74, 6) is -1.18. The van der Waals surface area contributed by atoms with Crippen LogP contribution in [0.5, 0.6) is 0 Å². The van der Waals surface area contributed by atoms with Crippen LogP contribution in [0, 0.1) is 6.92 Å². The summed E-state index contributed by atoms with van der Waals surface area (Å²) in [6, 6.07) is 2.64. The summed E-state index contributed by atoms with van der Waals surface area (Å²) in [6.07, 6.45) is -2.07. The quantitative estimate of drug-likeness (QED) is 0.619. The molecule has 13 heteroatoms. The molecule has 29 heavy (non-hydrogen) atoms. The maximum Gasteiger partial charge on any atom is 0.418 e. The van der Waals surface area contributed by atoms with E-state index >= 15 is 0 Å². The molecule has 0 amide bonds. The third kappa shape index (κ3) is 4.13. The molecule has 0 saturated carbocycles. The molecule has 0 aliphatic rings. The van der Waals surface area contributed by atoms with E-state index < -0.39 is 44.1 Å². The zero-order chi connectivity index (χ0) is 21.4. The van der Waals surface area contributed by atoms with Gasteiger partial charge in [-0.15, -0.1) is 5.10 Å². The number of hydrogen-bond acceptors (Lipinski definition) is 7. The van der Waals surface area contributed by atoms with Crippen molar-refractivity contribution in [1.82, 2.24) is 19.6 Å². The lowest BCUT2D eigenvalue weighted by Gasteiger charge is -2.16. The van der Waals surface area contributed by atoms with Crippen molar-refractivity contribution in [2.24, 2.45) is 0 Å². The smallest absolute Gasteiger partial charge is 0.418 e. The Bertz CT molecular complexity index is 1190. The minimum atomic E-state index is -4.94. The van der Waals surface area contributed by atoms with Crippen molar-refractivity contribution < 1.29 is 31.1 Å². The fraction of sp³-hybridized carbons (Fsp3) is 0.250. The molecule has 0 radical (unpaired) electrons. The molecular formula is C16H14F3N5O4S. The summed E-state index contributed by atoms with van der Waals surface area (Å²) in [6.45, 7) is 3.04. The Balaban J connectivity index is 2.12. The molecule has 0 saturated heterocycles. The molecule has 0 unspecified atom stereocenters. The summed E-state index contributed by atoms with van der Waals surface area (Å²) in [4.78, 5) is 19.7. The van der Waals surface area contributed by atoms with Gasteiger partial charge in [-0.25, -0.2) is 14.3 Å². The second kappa shape index (κ2) is 7.31. The van der Waals surface area contributed by atoms with Crippen molar-refractivity contribution in [1.29, 1.82) is 0 Å². The van der Waals surface area contributed by atoms with E-state index in [4.69, 9.17) is 4.74 Å². The monoisotopic (exact) mass is 429 g/mol. The van der Waals surface area contributed by atoms with E-state index in [0.29, 0.717) is 11.6 Å². The maximum atomic E-state index is 13.4. The minimum absolute atomic E-state index is 0.0642. The Hall–Kier alpha value is -3.22. The van der Waals surface area contributed by atoms with E-state index in [2.05, 4.69) is 15.1 Å². The number of alkyl halides is 3. The van der Waals surface area contributed by atoms with E-state index in [0.717, 1.165) is 16.6 Å². The van der Waals surface area contributed by atoms with Gasteiger partial charge in [0.15, 0.2) is 0 Å². The van der Waals surface area contributed by atoms with Gasteiger partial charge in [-0.1, -0.05) is 6.07 Å². The van der Waals surface area contributed by atoms with Crippen LogP contribution in [0.25, 0.3) is 5.78 Å². The second-order valence-electron chi connectivity index (χ2n) is 5.82. The van der Waals surface area contributed by atoms with Crippen molar-refractivity contribution in [3.05, 3.63) is 47.3 Å². The number of carbonyl (C=O) groups excluding carboxylic acids is 1. The molecular weight excluding hydrogens is 415 g/mol. The zero-order valence-electron chi connectivity index (χ0n) is 15.1. The van der Waals surface area contributed by atoms with Crippen LogP contribution in [0.2, 0.25) is 0 Å². The lowest BCUT2D eigenvalue weighted by Crippen LogP contribution is -2.21. The van der Waals surface area contributed by atoms with Crippen molar-refractivity contribution in [3.63, 3.8) is 0 Å². The number of aromatic nitrogens is 4. The Morgan fingerprint density at radius 1 is 1.31 bits per heavy atom. The Morgan fingerprint density at radius 2 is 2.03 bits per heavy atom. The molecule has 1 aromatic carbocycles. The molecule has 0 aliphatic heterocycles. The first kappa shape index (κ1) is 20.5. The van der Waals surface area contributed by atoms with E-state index in [1.165, 1.54) is 19.3 Å². The summed E-state index contributed by atoms with van der Waals surface area (Å²) in [5, 5.41) is 2.94. The first-order valence-corrected chi connectivity index (χ1v) is 9.60. The average molecular weight is 429 g/mol. The van der Waals surface area contributed by atoms with Gasteiger partial charge in [0.2, 0.25) is 0 Å². The third-order valence-electron chi connectivity index (χ3n) is 3.65. The van der Waals surface area contributed by atoms with Crippen molar-refractivity contribution in [2.75, 3.05) is 11.3 Å². The van der Waals surface area contributed by atoms with Gasteiger partial charge in [0, 0.05) is 12.4 Å². The fourth-order valence-electron chi connectivity index (χ4n) is 2.43. The van der Waals surface area contributed by atoms with Crippen LogP contribution in [-0.2, 0) is 20.9 Å². The predicted molar refractivity (Wildman–Crippen MR) is 93.7 cm³/mol. The number of carbonyl (C=O) groups is 1. The maximum absolute atomic E-state index is 13.4. The number of fused-ring (bicyclic) bond motifs is 1. The van der Waals surface area contributed by atoms with Crippen molar-refractivity contribution in [2.45, 2.75) is 25.2 Å². The number of nitrogens with one attached hydrogen (secondary N) is 1. The number of nitrogens with zero attached hydrogens (tertiary/aromatic N) is 4. The molecule has 0 atom stereocenters. The molecule has 0 aliphatic carbocycles. The minimum Gasteiger partial charge on any atom is -0.462 e. The normalized spacial score (nSPS) is 12.2. The number of para-hydroxylation sites is 1. The first-order valence-electron chi connectivity index (χ1n) is 8.12. The van der Waals surface area contributed by atoms with Gasteiger partial charge in [-0.3, -0.25) is 4.72 Å². The number of benzene rings is 1. The molecule has 3 aromatic rings. The van der Waals surface area contributed by atoms with Gasteiger partial charge >= 0.3 is 12.1 Å². The summed E-state index contributed by atoms with van der Waals surface area (Å²) in [5.41, 5.74) is -2.26. The van der Waals surface area contributed by atoms with Gasteiger partial charge < -0.3 is 4.74 Å². The van der Waals surface area contributed by atoms with Gasteiger partial charge in [-0.05, 0) is 31.5 Å². The Kier molecular flexibility index (Phi) is 5.17. The highest BCUT2D eigenvalue weighted by molar-refractivity contribution is 7.92. The Morgan fingerprint density at radius 3 is 2.69 bits per heavy atom. The van der Waals surface area contributed by atoms with Crippen molar-refractivity contribution >= 4 is 27.5 Å². The van der Waals surface area contributed by atoms with Gasteiger partial charge in [0.1, 0.15) is 0 Å². The van der Waals surface area contributed by atoms with Gasteiger partial charge in [0.25, 0.3) is 21.0 Å². The summed E-state index contributed by atoms with van der Waals surface area (Å²) < 4.78 is 73.2. The standard InChI is InChI=1S/C16H14F3N5O4S/c1-3-28-13(25)10-5-4-6-11(16(17,18)19)12(10)23-29(26,27)15-21-14-20-7-9(2)8-24(14)22-15/h4-8,23H,3H2,1-2H3. The number of aryl methyl sites for hydroxylation is 1. The number of sulfonamides is 1. The van der Waals surface area contributed by atoms with E-state index in [9.17, 15) is 26.4 Å². The zero-order valence-corrected chi connectivity index (χ0v) is 15.9. The molecule has 0 bridgehead atoms. The number of hydrogen-bond donors (Lipinski definition) is 1. The van der Waals surface area contributed by atoms with Gasteiger partial charge in [0.05, 0.1) is 23.4 Å². The summed E-state index contributed by atoms with van der Waals surface area (Å²) in [7, 11) is -4.68. The van der Waals surface area contributed by atoms with Crippen LogP contribution < -0.4 is 4.72 Å². The molecule has 0 fully saturated rings. The first-order chi connectivity index (χ1) is 13.5. The topological polar surface area (TPSA) is 116 Å². The van der Waals surface area contributed by atoms with Crippen LogP contribution in [0.15, 0.2) is 35.7 Å².